The smallest absolute Gasteiger partial charge is 0.0685 e. The molecule has 0 N–H and O–H groups in total. The second-order valence-corrected chi connectivity index (χ2v) is 6.68. The normalized spacial score (nSPS) is 22.5. The molecule has 0 heterocycles. The Kier molecular flexibility index (Phi) is 4.87. The van der Waals surface area contributed by atoms with Crippen molar-refractivity contribution in [3.05, 3.63) is 34.9 Å². The van der Waals surface area contributed by atoms with Crippen molar-refractivity contribution in [1.82, 2.24) is 0 Å². The lowest BCUT2D eigenvalue weighted by molar-refractivity contribution is 0.484. The van der Waals surface area contributed by atoms with Crippen LogP contribution < -0.4 is 4.90 Å². The molecule has 0 saturated heterocycles. The minimum absolute atomic E-state index is 0.570. The minimum Gasteiger partial charge on any atom is -0.378 e. The summed E-state index contributed by atoms with van der Waals surface area (Å²) in [6, 6.07) is 4.43. The van der Waals surface area contributed by atoms with Crippen LogP contribution >= 0.6 is 0 Å². The van der Waals surface area contributed by atoms with Gasteiger partial charge >= 0.3 is 0 Å². The predicted molar refractivity (Wildman–Crippen MR) is 94.0 cm³/mol. The van der Waals surface area contributed by atoms with E-state index in [0.29, 0.717) is 11.8 Å². The highest BCUT2D eigenvalue weighted by molar-refractivity contribution is 5.71. The molecule has 21 heavy (non-hydrogen) atoms. The van der Waals surface area contributed by atoms with Gasteiger partial charge in [-0.15, -0.1) is 0 Å². The van der Waals surface area contributed by atoms with Gasteiger partial charge in [0, 0.05) is 31.9 Å². The lowest BCUT2D eigenvalue weighted by Crippen LogP contribution is -2.15. The molecule has 0 saturated carbocycles. The fourth-order valence-electron chi connectivity index (χ4n) is 3.09. The van der Waals surface area contributed by atoms with Crippen LogP contribution in [0.3, 0.4) is 0 Å². The second kappa shape index (κ2) is 6.46. The van der Waals surface area contributed by atoms with E-state index < -0.39 is 0 Å². The number of aryl methyl sites for hydroxylation is 2. The first-order valence-electron chi connectivity index (χ1n) is 7.88. The summed E-state index contributed by atoms with van der Waals surface area (Å²) in [6.45, 7) is 8.84. The number of nitrogens with zero attached hydrogens (tertiary/aromatic N) is 2. The SMILES string of the molecule is CC1=CC(C)C(C=Nc2c(C)cc(N(C)C)cc2C)CC1. The van der Waals surface area contributed by atoms with Gasteiger partial charge in [0.2, 0.25) is 0 Å². The Balaban J connectivity index is 2.22. The van der Waals surface area contributed by atoms with Crippen LogP contribution in [0.2, 0.25) is 0 Å². The van der Waals surface area contributed by atoms with Crippen molar-refractivity contribution in [3.8, 4) is 0 Å². The molecule has 1 aliphatic rings. The molecule has 0 aliphatic heterocycles. The summed E-state index contributed by atoms with van der Waals surface area (Å²) in [5.41, 5.74) is 6.41. The Morgan fingerprint density at radius 3 is 2.29 bits per heavy atom. The zero-order valence-corrected chi connectivity index (χ0v) is 14.3. The van der Waals surface area contributed by atoms with Crippen molar-refractivity contribution in [2.24, 2.45) is 16.8 Å². The van der Waals surface area contributed by atoms with Gasteiger partial charge in [0.25, 0.3) is 0 Å². The van der Waals surface area contributed by atoms with E-state index in [1.165, 1.54) is 35.2 Å². The number of allylic oxidation sites excluding steroid dienone is 2. The van der Waals surface area contributed by atoms with Crippen LogP contribution in [0.1, 0.15) is 37.8 Å². The van der Waals surface area contributed by atoms with Crippen molar-refractivity contribution in [3.63, 3.8) is 0 Å². The molecule has 2 heteroatoms. The summed E-state index contributed by atoms with van der Waals surface area (Å²) in [6.07, 6.45) is 7.01. The first-order chi connectivity index (χ1) is 9.88. The van der Waals surface area contributed by atoms with Crippen LogP contribution in [-0.4, -0.2) is 20.3 Å². The Labute approximate surface area is 129 Å². The standard InChI is InChI=1S/C19H28N2/c1-13-7-8-17(14(2)9-13)12-20-19-15(3)10-18(21(5)6)11-16(19)4/h9-12,14,17H,7-8H2,1-6H3. The third-order valence-electron chi connectivity index (χ3n) is 4.48. The van der Waals surface area contributed by atoms with E-state index in [9.17, 15) is 0 Å². The van der Waals surface area contributed by atoms with E-state index in [0.717, 1.165) is 5.69 Å². The molecule has 0 amide bonds. The van der Waals surface area contributed by atoms with Gasteiger partial charge in [-0.2, -0.15) is 0 Å². The summed E-state index contributed by atoms with van der Waals surface area (Å²) < 4.78 is 0. The highest BCUT2D eigenvalue weighted by Gasteiger charge is 2.18. The molecule has 0 radical (unpaired) electrons. The fourth-order valence-corrected chi connectivity index (χ4v) is 3.09. The van der Waals surface area contributed by atoms with Crippen molar-refractivity contribution < 1.29 is 0 Å². The van der Waals surface area contributed by atoms with E-state index in [1.54, 1.807) is 0 Å². The summed E-state index contributed by atoms with van der Waals surface area (Å²) in [5, 5.41) is 0. The second-order valence-electron chi connectivity index (χ2n) is 6.68. The predicted octanol–water partition coefficient (Wildman–Crippen LogP) is 5.06. The third kappa shape index (κ3) is 3.75. The number of rotatable bonds is 3. The molecule has 0 spiro atoms. The third-order valence-corrected chi connectivity index (χ3v) is 4.48. The van der Waals surface area contributed by atoms with Crippen LogP contribution in [-0.2, 0) is 0 Å². The molecule has 2 atom stereocenters. The molecule has 0 aromatic heterocycles. The summed E-state index contributed by atoms with van der Waals surface area (Å²) in [7, 11) is 4.16. The van der Waals surface area contributed by atoms with Crippen molar-refractivity contribution >= 4 is 17.6 Å². The highest BCUT2D eigenvalue weighted by Crippen LogP contribution is 2.31. The molecule has 1 aliphatic carbocycles. The number of anilines is 1. The molecule has 1 aromatic rings. The number of hydrogen-bond donors (Lipinski definition) is 0. The molecule has 1 aromatic carbocycles. The molecule has 0 fully saturated rings. The van der Waals surface area contributed by atoms with Crippen LogP contribution in [0.5, 0.6) is 0 Å². The maximum atomic E-state index is 4.83. The van der Waals surface area contributed by atoms with E-state index in [4.69, 9.17) is 4.99 Å². The summed E-state index contributed by atoms with van der Waals surface area (Å²) >= 11 is 0. The van der Waals surface area contributed by atoms with Crippen molar-refractivity contribution in [2.45, 2.75) is 40.5 Å². The first kappa shape index (κ1) is 15.8. The molecular formula is C19H28N2. The zero-order valence-electron chi connectivity index (χ0n) is 14.3. The molecule has 114 valence electrons. The zero-order chi connectivity index (χ0) is 15.6. The van der Waals surface area contributed by atoms with Gasteiger partial charge in [-0.1, -0.05) is 18.6 Å². The fraction of sp³-hybridized carbons (Fsp3) is 0.526. The lowest BCUT2D eigenvalue weighted by atomic mass is 9.83. The maximum Gasteiger partial charge on any atom is 0.0685 e. The largest absolute Gasteiger partial charge is 0.378 e. The van der Waals surface area contributed by atoms with E-state index in [2.05, 4.69) is 71.1 Å². The van der Waals surface area contributed by atoms with Gasteiger partial charge in [-0.3, -0.25) is 4.99 Å². The number of benzene rings is 1. The Hall–Kier alpha value is -1.57. The average molecular weight is 284 g/mol. The van der Waals surface area contributed by atoms with Crippen LogP contribution in [0.4, 0.5) is 11.4 Å². The monoisotopic (exact) mass is 284 g/mol. The van der Waals surface area contributed by atoms with Gasteiger partial charge in [0.15, 0.2) is 0 Å². The maximum absolute atomic E-state index is 4.83. The van der Waals surface area contributed by atoms with Crippen LogP contribution in [0, 0.1) is 25.7 Å². The van der Waals surface area contributed by atoms with E-state index in [1.807, 2.05) is 0 Å². The molecular weight excluding hydrogens is 256 g/mol. The Morgan fingerprint density at radius 1 is 1.14 bits per heavy atom. The first-order valence-corrected chi connectivity index (χ1v) is 7.88. The van der Waals surface area contributed by atoms with E-state index in [-0.39, 0.29) is 0 Å². The average Bonchev–Trinajstić information content (AvgIpc) is 2.39. The van der Waals surface area contributed by atoms with Gasteiger partial charge in [-0.05, 0) is 62.8 Å². The highest BCUT2D eigenvalue weighted by atomic mass is 15.1. The molecule has 2 nitrogen and oxygen atoms in total. The Bertz CT molecular complexity index is 544. The molecule has 2 unspecified atom stereocenters. The number of hydrogen-bond acceptors (Lipinski definition) is 2. The van der Waals surface area contributed by atoms with Gasteiger partial charge in [0.1, 0.15) is 0 Å². The van der Waals surface area contributed by atoms with Crippen LogP contribution in [0.25, 0.3) is 0 Å². The minimum atomic E-state index is 0.570. The number of aliphatic imine (C=N–C) groups is 1. The summed E-state index contributed by atoms with van der Waals surface area (Å²) in [5.74, 6) is 1.17. The molecule has 0 bridgehead atoms. The van der Waals surface area contributed by atoms with E-state index >= 15 is 0 Å². The quantitative estimate of drug-likeness (QED) is 0.559. The van der Waals surface area contributed by atoms with Gasteiger partial charge in [-0.25, -0.2) is 0 Å². The van der Waals surface area contributed by atoms with Crippen LogP contribution in [0.15, 0.2) is 28.8 Å². The van der Waals surface area contributed by atoms with Crippen molar-refractivity contribution in [1.29, 1.82) is 0 Å². The van der Waals surface area contributed by atoms with Crippen molar-refractivity contribution in [2.75, 3.05) is 19.0 Å². The topological polar surface area (TPSA) is 15.6 Å². The summed E-state index contributed by atoms with van der Waals surface area (Å²) in [4.78, 5) is 6.98. The van der Waals surface area contributed by atoms with Gasteiger partial charge < -0.3 is 4.90 Å². The molecule has 2 rings (SSSR count). The lowest BCUT2D eigenvalue weighted by Gasteiger charge is -2.23. The van der Waals surface area contributed by atoms with Gasteiger partial charge in [0.05, 0.1) is 5.69 Å². The Morgan fingerprint density at radius 2 is 1.76 bits per heavy atom.